The van der Waals surface area contributed by atoms with Crippen molar-refractivity contribution in [2.45, 2.75) is 110 Å². The molecular weight excluding hydrogens is 761 g/mol. The minimum absolute atomic E-state index is 0.0407. The van der Waals surface area contributed by atoms with Crippen molar-refractivity contribution in [3.63, 3.8) is 0 Å². The molecule has 1 atom stereocenters. The van der Waals surface area contributed by atoms with Gasteiger partial charge in [0.05, 0.1) is 11.7 Å². The van der Waals surface area contributed by atoms with Crippen LogP contribution < -0.4 is 16.0 Å². The van der Waals surface area contributed by atoms with Gasteiger partial charge >= 0.3 is 12.2 Å². The second-order valence-electron chi connectivity index (χ2n) is 18.3. The molecule has 2 heterocycles. The number of aromatic nitrogens is 2. The van der Waals surface area contributed by atoms with Crippen molar-refractivity contribution in [2.75, 3.05) is 25.0 Å². The zero-order valence-electron chi connectivity index (χ0n) is 35.8. The summed E-state index contributed by atoms with van der Waals surface area (Å²) >= 11 is 0. The maximum Gasteiger partial charge on any atom is 0.410 e. The third-order valence-electron chi connectivity index (χ3n) is 11.1. The Morgan fingerprint density at radius 3 is 2.20 bits per heavy atom. The van der Waals surface area contributed by atoms with E-state index in [1.807, 2.05) is 96.1 Å². The number of hydrogen-bond donors (Lipinski definition) is 4. The topological polar surface area (TPSA) is 172 Å². The van der Waals surface area contributed by atoms with E-state index in [9.17, 15) is 24.0 Å². The molecule has 4 N–H and O–H groups in total. The summed E-state index contributed by atoms with van der Waals surface area (Å²) in [5.41, 5.74) is 3.61. The highest BCUT2D eigenvalue weighted by atomic mass is 16.6. The summed E-state index contributed by atoms with van der Waals surface area (Å²) in [6.45, 7) is 12.6. The molecule has 1 aromatic heterocycles. The number of aromatic amines is 1. The van der Waals surface area contributed by atoms with Gasteiger partial charge in [-0.2, -0.15) is 5.10 Å². The van der Waals surface area contributed by atoms with Gasteiger partial charge in [-0.05, 0) is 139 Å². The number of rotatable bonds is 12. The van der Waals surface area contributed by atoms with Crippen molar-refractivity contribution >= 4 is 46.4 Å². The Labute approximate surface area is 352 Å². The van der Waals surface area contributed by atoms with Crippen LogP contribution in [0.1, 0.15) is 102 Å². The summed E-state index contributed by atoms with van der Waals surface area (Å²) in [5.74, 6) is -0.808. The highest BCUT2D eigenvalue weighted by Gasteiger charge is 2.31. The van der Waals surface area contributed by atoms with Crippen LogP contribution in [-0.4, -0.2) is 81.8 Å². The molecule has 0 radical (unpaired) electrons. The maximum atomic E-state index is 14.0. The van der Waals surface area contributed by atoms with Gasteiger partial charge in [-0.25, -0.2) is 9.59 Å². The van der Waals surface area contributed by atoms with Crippen molar-refractivity contribution in [3.05, 3.63) is 84.1 Å². The molecule has 1 saturated carbocycles. The highest BCUT2D eigenvalue weighted by molar-refractivity contribution is 5.98. The molecule has 4 aromatic rings. The van der Waals surface area contributed by atoms with E-state index in [0.29, 0.717) is 63.0 Å². The number of carbonyl (C=O) groups is 5. The van der Waals surface area contributed by atoms with Crippen LogP contribution >= 0.6 is 0 Å². The van der Waals surface area contributed by atoms with Crippen LogP contribution in [0.4, 0.5) is 15.3 Å². The first-order valence-corrected chi connectivity index (χ1v) is 21.2. The first kappa shape index (κ1) is 43.8. The van der Waals surface area contributed by atoms with E-state index in [1.54, 1.807) is 23.2 Å². The van der Waals surface area contributed by atoms with Crippen LogP contribution in [-0.2, 0) is 25.5 Å². The number of piperidine rings is 1. The van der Waals surface area contributed by atoms with E-state index in [4.69, 9.17) is 9.47 Å². The number of nitrogens with zero attached hydrogens (tertiary/aromatic N) is 2. The minimum Gasteiger partial charge on any atom is -0.444 e. The monoisotopic (exact) mass is 820 g/mol. The summed E-state index contributed by atoms with van der Waals surface area (Å²) in [6.07, 6.45) is 5.77. The molecule has 1 aliphatic heterocycles. The van der Waals surface area contributed by atoms with E-state index in [1.165, 1.54) is 0 Å². The van der Waals surface area contributed by atoms with E-state index < -0.39 is 23.2 Å². The Morgan fingerprint density at radius 2 is 1.52 bits per heavy atom. The van der Waals surface area contributed by atoms with Crippen molar-refractivity contribution in [2.24, 2.45) is 17.8 Å². The summed E-state index contributed by atoms with van der Waals surface area (Å²) in [6, 6.07) is 20.9. The zero-order chi connectivity index (χ0) is 43.0. The second kappa shape index (κ2) is 19.1. The molecule has 2 aliphatic rings. The van der Waals surface area contributed by atoms with E-state index in [-0.39, 0.29) is 48.0 Å². The number of ketones is 1. The molecule has 0 bridgehead atoms. The number of fused-ring (bicyclic) bond motifs is 1. The van der Waals surface area contributed by atoms with Crippen molar-refractivity contribution < 1.29 is 33.4 Å². The molecule has 2 fully saturated rings. The number of ether oxygens (including phenoxy) is 2. The van der Waals surface area contributed by atoms with Gasteiger partial charge in [0.1, 0.15) is 17.0 Å². The van der Waals surface area contributed by atoms with E-state index in [0.717, 1.165) is 40.4 Å². The Hall–Kier alpha value is -5.72. The van der Waals surface area contributed by atoms with Gasteiger partial charge in [0.2, 0.25) is 5.91 Å². The van der Waals surface area contributed by atoms with Gasteiger partial charge in [0.25, 0.3) is 5.91 Å². The summed E-state index contributed by atoms with van der Waals surface area (Å²) in [7, 11) is 0. The number of nitrogens with one attached hydrogen (secondary N) is 4. The molecular formula is C47H60N6O7. The SMILES string of the molecule is CC(C)(C)OC(=O)NCC1CCC(C(=O)C[C@@H](Cc2cccc(-c3ccc(C(=O)NC4CCN(C(=O)OC(C)(C)C)CC4)cc3)c2)C(=O)Nc2ccc3cn[nH]c3c2)CC1. The number of amides is 4. The van der Waals surface area contributed by atoms with Crippen LogP contribution in [0, 0.1) is 17.8 Å². The lowest BCUT2D eigenvalue weighted by Gasteiger charge is -2.33. The molecule has 6 rings (SSSR count). The molecule has 13 nitrogen and oxygen atoms in total. The summed E-state index contributed by atoms with van der Waals surface area (Å²) in [5, 5.41) is 17.0. The smallest absolute Gasteiger partial charge is 0.410 e. The molecule has 1 saturated heterocycles. The summed E-state index contributed by atoms with van der Waals surface area (Å²) < 4.78 is 10.9. The van der Waals surface area contributed by atoms with Crippen LogP contribution in [0.15, 0.2) is 72.9 Å². The molecule has 1 aliphatic carbocycles. The number of Topliss-reactive ketones (excluding diaryl/α,β-unsaturated/α-hetero) is 1. The lowest BCUT2D eigenvalue weighted by atomic mass is 9.77. The van der Waals surface area contributed by atoms with Gasteiger partial charge in [-0.15, -0.1) is 0 Å². The fourth-order valence-electron chi connectivity index (χ4n) is 7.93. The Balaban J connectivity index is 1.07. The molecule has 60 heavy (non-hydrogen) atoms. The normalized spacial score (nSPS) is 18.0. The van der Waals surface area contributed by atoms with Crippen molar-refractivity contribution in [1.29, 1.82) is 0 Å². The van der Waals surface area contributed by atoms with Crippen LogP contribution in [0.5, 0.6) is 0 Å². The Morgan fingerprint density at radius 1 is 0.817 bits per heavy atom. The number of H-pyrrole nitrogens is 1. The minimum atomic E-state index is -0.612. The molecule has 3 aromatic carbocycles. The highest BCUT2D eigenvalue weighted by Crippen LogP contribution is 2.32. The van der Waals surface area contributed by atoms with Crippen LogP contribution in [0.25, 0.3) is 22.0 Å². The number of likely N-dealkylation sites (tertiary alicyclic amines) is 1. The molecule has 320 valence electrons. The van der Waals surface area contributed by atoms with E-state index >= 15 is 0 Å². The number of hydrogen-bond acceptors (Lipinski definition) is 8. The van der Waals surface area contributed by atoms with Gasteiger partial charge in [-0.1, -0.05) is 36.4 Å². The molecule has 0 spiro atoms. The maximum absolute atomic E-state index is 14.0. The van der Waals surface area contributed by atoms with E-state index in [2.05, 4.69) is 26.1 Å². The van der Waals surface area contributed by atoms with Gasteiger partial charge in [0.15, 0.2) is 0 Å². The number of anilines is 1. The first-order valence-electron chi connectivity index (χ1n) is 21.2. The quantitative estimate of drug-likeness (QED) is 0.110. The van der Waals surface area contributed by atoms with Crippen LogP contribution in [0.3, 0.4) is 0 Å². The fourth-order valence-corrected chi connectivity index (χ4v) is 7.93. The van der Waals surface area contributed by atoms with Crippen molar-refractivity contribution in [3.8, 4) is 11.1 Å². The summed E-state index contributed by atoms with van der Waals surface area (Å²) in [4.78, 5) is 67.4. The van der Waals surface area contributed by atoms with Crippen molar-refractivity contribution in [1.82, 2.24) is 25.7 Å². The first-order chi connectivity index (χ1) is 28.5. The Kier molecular flexibility index (Phi) is 14.0. The predicted molar refractivity (Wildman–Crippen MR) is 231 cm³/mol. The predicted octanol–water partition coefficient (Wildman–Crippen LogP) is 8.45. The number of carbonyl (C=O) groups excluding carboxylic acids is 5. The number of alkyl carbamates (subject to hydrolysis) is 1. The van der Waals surface area contributed by atoms with Gasteiger partial charge in [-0.3, -0.25) is 19.5 Å². The second-order valence-corrected chi connectivity index (χ2v) is 18.3. The third kappa shape index (κ3) is 12.6. The average molecular weight is 821 g/mol. The molecule has 0 unspecified atom stereocenters. The number of benzene rings is 3. The van der Waals surface area contributed by atoms with Gasteiger partial charge < -0.3 is 30.3 Å². The van der Waals surface area contributed by atoms with Crippen LogP contribution in [0.2, 0.25) is 0 Å². The largest absolute Gasteiger partial charge is 0.444 e. The standard InChI is InChI=1S/C47H60N6O7/c1-46(2,3)59-44(57)48-28-30-10-12-33(13-11-30)41(54)26-37(43(56)51-39-19-18-36-29-49-52-40(36)27-39)25-31-8-7-9-35(24-31)32-14-16-34(17-15-32)42(55)50-38-20-22-53(23-21-38)45(58)60-47(4,5)6/h7-9,14-19,24,27,29-30,33,37-38H,10-13,20-23,25-26,28H2,1-6H3,(H,48,57)(H,49,52)(H,50,55)(H,51,56)/t30?,33?,37-/m1/s1. The molecule has 4 amide bonds. The molecule has 13 heteroatoms. The van der Waals surface area contributed by atoms with Gasteiger partial charge in [0, 0.05) is 60.6 Å². The Bertz CT molecular complexity index is 2140. The fraction of sp³-hybridized carbons (Fsp3) is 0.489. The zero-order valence-corrected chi connectivity index (χ0v) is 35.8. The third-order valence-corrected chi connectivity index (χ3v) is 11.1. The average Bonchev–Trinajstić information content (AvgIpc) is 3.67. The lowest BCUT2D eigenvalue weighted by Crippen LogP contribution is -2.47. The lowest BCUT2D eigenvalue weighted by molar-refractivity contribution is -0.129.